The number of aromatic nitrogens is 2. The molecule has 2 rings (SSSR count). The molecule has 0 aromatic carbocycles. The Hall–Kier alpha value is -2.41. The van der Waals surface area contributed by atoms with Gasteiger partial charge in [0.1, 0.15) is 4.99 Å². The average Bonchev–Trinajstić information content (AvgIpc) is 2.39. The summed E-state index contributed by atoms with van der Waals surface area (Å²) >= 11 is 4.83. The summed E-state index contributed by atoms with van der Waals surface area (Å²) in [7, 11) is 0. The maximum absolute atomic E-state index is 10.7. The van der Waals surface area contributed by atoms with Gasteiger partial charge in [-0.2, -0.15) is 0 Å². The number of rotatable bonds is 3. The van der Waals surface area contributed by atoms with Gasteiger partial charge in [0.2, 0.25) is 0 Å². The molecule has 0 atom stereocenters. The van der Waals surface area contributed by atoms with Crippen molar-refractivity contribution in [2.75, 3.05) is 0 Å². The van der Waals surface area contributed by atoms with Gasteiger partial charge in [-0.05, 0) is 12.1 Å². The van der Waals surface area contributed by atoms with E-state index < -0.39 is 4.92 Å². The van der Waals surface area contributed by atoms with Crippen LogP contribution in [0.3, 0.4) is 0 Å². The van der Waals surface area contributed by atoms with E-state index in [9.17, 15) is 10.1 Å². The van der Waals surface area contributed by atoms with E-state index in [4.69, 9.17) is 18.0 Å². The van der Waals surface area contributed by atoms with Crippen LogP contribution in [0.2, 0.25) is 0 Å². The van der Waals surface area contributed by atoms with Crippen LogP contribution in [0.15, 0.2) is 36.5 Å². The summed E-state index contributed by atoms with van der Waals surface area (Å²) in [5.41, 5.74) is 6.79. The van der Waals surface area contributed by atoms with Crippen LogP contribution in [0, 0.1) is 10.1 Å². The topological polar surface area (TPSA) is 94.9 Å². The smallest absolute Gasteiger partial charge is 0.273 e. The van der Waals surface area contributed by atoms with Crippen LogP contribution < -0.4 is 5.73 Å². The lowest BCUT2D eigenvalue weighted by Crippen LogP contribution is -2.11. The molecule has 0 aliphatic heterocycles. The third kappa shape index (κ3) is 2.46. The van der Waals surface area contributed by atoms with Crippen LogP contribution in [0.4, 0.5) is 5.69 Å². The minimum atomic E-state index is -0.484. The number of hydrogen-bond acceptors (Lipinski definition) is 5. The SMILES string of the molecule is NC(=S)c1cccc(-c2cc([N+](=O)[O-])ccn2)n1. The molecular weight excluding hydrogens is 252 g/mol. The minimum Gasteiger partial charge on any atom is -0.388 e. The molecule has 2 aromatic heterocycles. The molecule has 2 aromatic rings. The number of nitro groups is 1. The Morgan fingerprint density at radius 3 is 2.78 bits per heavy atom. The fourth-order valence-electron chi connectivity index (χ4n) is 1.39. The van der Waals surface area contributed by atoms with E-state index in [1.165, 1.54) is 18.3 Å². The quantitative estimate of drug-likeness (QED) is 0.512. The lowest BCUT2D eigenvalue weighted by Gasteiger charge is -2.02. The van der Waals surface area contributed by atoms with E-state index in [-0.39, 0.29) is 10.7 Å². The molecule has 0 amide bonds. The summed E-state index contributed by atoms with van der Waals surface area (Å²) in [6.45, 7) is 0. The molecule has 0 aliphatic rings. The van der Waals surface area contributed by atoms with Gasteiger partial charge in [0.25, 0.3) is 5.69 Å². The lowest BCUT2D eigenvalue weighted by molar-refractivity contribution is -0.384. The first-order valence-corrected chi connectivity index (χ1v) is 5.36. The maximum atomic E-state index is 10.7. The van der Waals surface area contributed by atoms with Gasteiger partial charge in [0.05, 0.1) is 22.0 Å². The van der Waals surface area contributed by atoms with Crippen LogP contribution in [-0.4, -0.2) is 19.9 Å². The molecule has 0 saturated heterocycles. The van der Waals surface area contributed by atoms with Crippen molar-refractivity contribution in [1.82, 2.24) is 9.97 Å². The van der Waals surface area contributed by atoms with Gasteiger partial charge in [0.15, 0.2) is 0 Å². The van der Waals surface area contributed by atoms with Crippen molar-refractivity contribution < 1.29 is 4.92 Å². The van der Waals surface area contributed by atoms with Crippen molar-refractivity contribution in [3.63, 3.8) is 0 Å². The predicted molar refractivity (Wildman–Crippen MR) is 70.0 cm³/mol. The van der Waals surface area contributed by atoms with Crippen LogP contribution in [0.25, 0.3) is 11.4 Å². The van der Waals surface area contributed by atoms with Crippen molar-refractivity contribution in [2.45, 2.75) is 0 Å². The van der Waals surface area contributed by atoms with Crippen molar-refractivity contribution in [1.29, 1.82) is 0 Å². The van der Waals surface area contributed by atoms with Crippen molar-refractivity contribution in [3.05, 3.63) is 52.3 Å². The Morgan fingerprint density at radius 1 is 1.33 bits per heavy atom. The zero-order valence-corrected chi connectivity index (χ0v) is 9.92. The monoisotopic (exact) mass is 260 g/mol. The van der Waals surface area contributed by atoms with E-state index in [1.807, 2.05) is 0 Å². The second-order valence-electron chi connectivity index (χ2n) is 3.43. The summed E-state index contributed by atoms with van der Waals surface area (Å²) in [5, 5.41) is 10.7. The second-order valence-corrected chi connectivity index (χ2v) is 3.87. The molecule has 90 valence electrons. The van der Waals surface area contributed by atoms with E-state index >= 15 is 0 Å². The number of hydrogen-bond donors (Lipinski definition) is 1. The van der Waals surface area contributed by atoms with Crippen molar-refractivity contribution in [2.24, 2.45) is 5.73 Å². The second kappa shape index (κ2) is 4.84. The van der Waals surface area contributed by atoms with Gasteiger partial charge in [0, 0.05) is 18.3 Å². The van der Waals surface area contributed by atoms with Gasteiger partial charge in [-0.25, -0.2) is 4.98 Å². The molecular formula is C11H8N4O2S. The summed E-state index contributed by atoms with van der Waals surface area (Å²) in [4.78, 5) is 18.6. The molecule has 0 spiro atoms. The Morgan fingerprint density at radius 2 is 2.11 bits per heavy atom. The molecule has 7 heteroatoms. The highest BCUT2D eigenvalue weighted by molar-refractivity contribution is 7.80. The fraction of sp³-hybridized carbons (Fsp3) is 0. The molecule has 18 heavy (non-hydrogen) atoms. The largest absolute Gasteiger partial charge is 0.388 e. The highest BCUT2D eigenvalue weighted by Gasteiger charge is 2.10. The van der Waals surface area contributed by atoms with E-state index in [0.717, 1.165) is 0 Å². The molecule has 0 bridgehead atoms. The standard InChI is InChI=1S/C11H8N4O2S/c12-11(18)9-3-1-2-8(14-9)10-6-7(15(16)17)4-5-13-10/h1-6H,(H2,12,18). The molecule has 0 radical (unpaired) electrons. The highest BCUT2D eigenvalue weighted by atomic mass is 32.1. The molecule has 2 heterocycles. The van der Waals surface area contributed by atoms with E-state index in [2.05, 4.69) is 9.97 Å². The molecule has 6 nitrogen and oxygen atoms in total. The first-order valence-electron chi connectivity index (χ1n) is 4.95. The summed E-state index contributed by atoms with van der Waals surface area (Å²) < 4.78 is 0. The number of thiocarbonyl (C=S) groups is 1. The molecule has 0 saturated carbocycles. The summed E-state index contributed by atoms with van der Waals surface area (Å²) in [6.07, 6.45) is 1.36. The van der Waals surface area contributed by atoms with Crippen LogP contribution in [-0.2, 0) is 0 Å². The number of nitrogens with two attached hydrogens (primary N) is 1. The zero-order chi connectivity index (χ0) is 13.1. The van der Waals surface area contributed by atoms with Crippen LogP contribution >= 0.6 is 12.2 Å². The maximum Gasteiger partial charge on any atom is 0.273 e. The normalized spacial score (nSPS) is 10.0. The highest BCUT2D eigenvalue weighted by Crippen LogP contribution is 2.19. The Balaban J connectivity index is 2.48. The van der Waals surface area contributed by atoms with Crippen LogP contribution in [0.5, 0.6) is 0 Å². The Kier molecular flexibility index (Phi) is 3.24. The number of pyridine rings is 2. The Labute approximate surface area is 108 Å². The summed E-state index contributed by atoms with van der Waals surface area (Å²) in [5.74, 6) is 0. The predicted octanol–water partition coefficient (Wildman–Crippen LogP) is 1.69. The van der Waals surface area contributed by atoms with Crippen molar-refractivity contribution >= 4 is 22.9 Å². The van der Waals surface area contributed by atoms with E-state index in [0.29, 0.717) is 17.1 Å². The van der Waals surface area contributed by atoms with Gasteiger partial charge in [-0.1, -0.05) is 18.3 Å². The number of nitrogens with zero attached hydrogens (tertiary/aromatic N) is 3. The molecule has 0 aliphatic carbocycles. The first kappa shape index (κ1) is 12.1. The first-order chi connectivity index (χ1) is 8.58. The Bertz CT molecular complexity index is 574. The van der Waals surface area contributed by atoms with Gasteiger partial charge in [-0.15, -0.1) is 0 Å². The molecule has 0 fully saturated rings. The fourth-order valence-corrected chi connectivity index (χ4v) is 1.50. The van der Waals surface area contributed by atoms with Gasteiger partial charge >= 0.3 is 0 Å². The average molecular weight is 260 g/mol. The summed E-state index contributed by atoms with van der Waals surface area (Å²) in [6, 6.07) is 7.75. The van der Waals surface area contributed by atoms with E-state index in [1.54, 1.807) is 18.2 Å². The molecule has 0 unspecified atom stereocenters. The van der Waals surface area contributed by atoms with Crippen molar-refractivity contribution in [3.8, 4) is 11.4 Å². The van der Waals surface area contributed by atoms with Gasteiger partial charge < -0.3 is 5.73 Å². The molecule has 2 N–H and O–H groups in total. The third-order valence-corrected chi connectivity index (χ3v) is 2.43. The van der Waals surface area contributed by atoms with Crippen LogP contribution in [0.1, 0.15) is 5.69 Å². The third-order valence-electron chi connectivity index (χ3n) is 2.22. The van der Waals surface area contributed by atoms with Gasteiger partial charge in [-0.3, -0.25) is 15.1 Å². The zero-order valence-electron chi connectivity index (χ0n) is 9.11. The lowest BCUT2D eigenvalue weighted by atomic mass is 10.2. The minimum absolute atomic E-state index is 0.0393.